The molecular weight excluding hydrogens is 258 g/mol. The maximum Gasteiger partial charge on any atom is 0.146 e. The molecule has 100 valence electrons. The molecule has 0 saturated heterocycles. The van der Waals surface area contributed by atoms with Crippen molar-refractivity contribution in [3.05, 3.63) is 52.4 Å². The fourth-order valence-electron chi connectivity index (χ4n) is 2.20. The molecule has 2 aliphatic heterocycles. The fourth-order valence-corrected chi connectivity index (χ4v) is 3.39. The number of hydrogen-bond acceptors (Lipinski definition) is 5. The minimum Gasteiger partial charge on any atom is -0.505 e. The van der Waals surface area contributed by atoms with Crippen molar-refractivity contribution in [1.82, 2.24) is 10.6 Å². The summed E-state index contributed by atoms with van der Waals surface area (Å²) in [6, 6.07) is 8.49. The van der Waals surface area contributed by atoms with Crippen LogP contribution in [0, 0.1) is 0 Å². The summed E-state index contributed by atoms with van der Waals surface area (Å²) in [7, 11) is 4.07. The Balaban J connectivity index is 1.77. The third kappa shape index (κ3) is 2.26. The van der Waals surface area contributed by atoms with Gasteiger partial charge >= 0.3 is 0 Å². The second-order valence-electron chi connectivity index (χ2n) is 4.85. The third-order valence-corrected chi connectivity index (χ3v) is 4.59. The molecule has 0 saturated carbocycles. The number of rotatable bonds is 2. The summed E-state index contributed by atoms with van der Waals surface area (Å²) in [5.41, 5.74) is 3.48. The van der Waals surface area contributed by atoms with Crippen LogP contribution < -0.4 is 15.5 Å². The van der Waals surface area contributed by atoms with Crippen LogP contribution in [0.25, 0.3) is 0 Å². The number of anilines is 1. The summed E-state index contributed by atoms with van der Waals surface area (Å²) in [5.74, 6) is 0.325. The van der Waals surface area contributed by atoms with Gasteiger partial charge in [-0.05, 0) is 17.7 Å². The van der Waals surface area contributed by atoms with Gasteiger partial charge in [-0.2, -0.15) is 0 Å². The van der Waals surface area contributed by atoms with Crippen molar-refractivity contribution in [2.75, 3.05) is 25.5 Å². The molecule has 0 aliphatic carbocycles. The molecule has 19 heavy (non-hydrogen) atoms. The highest BCUT2D eigenvalue weighted by molar-refractivity contribution is 8.03. The highest BCUT2D eigenvalue weighted by Crippen LogP contribution is 2.43. The number of dihydropyridines is 1. The summed E-state index contributed by atoms with van der Waals surface area (Å²) in [4.78, 5) is 3.04. The minimum atomic E-state index is 0.177. The van der Waals surface area contributed by atoms with Crippen LogP contribution in [0.3, 0.4) is 0 Å². The number of nitrogens with zero attached hydrogens (tertiary/aromatic N) is 1. The molecule has 2 heterocycles. The normalized spacial score (nSPS) is 21.4. The number of aliphatic hydroxyl groups excluding tert-OH is 1. The standard InChI is InChI=1S/C14H17N3OS/c1-17(2)10-5-3-9(4-6-10)14-16-11-7-15-8-12(18)13(11)19-14/h3-6,8,14-16,18H,7H2,1-2H3. The second-order valence-corrected chi connectivity index (χ2v) is 5.96. The second kappa shape index (κ2) is 4.74. The summed E-state index contributed by atoms with van der Waals surface area (Å²) >= 11 is 1.67. The number of nitrogens with one attached hydrogen (secondary N) is 2. The Labute approximate surface area is 117 Å². The topological polar surface area (TPSA) is 47.5 Å². The predicted octanol–water partition coefficient (Wildman–Crippen LogP) is 2.30. The smallest absolute Gasteiger partial charge is 0.146 e. The van der Waals surface area contributed by atoms with Gasteiger partial charge in [0.1, 0.15) is 11.1 Å². The van der Waals surface area contributed by atoms with Gasteiger partial charge in [0, 0.05) is 31.7 Å². The van der Waals surface area contributed by atoms with Gasteiger partial charge in [0.05, 0.1) is 11.4 Å². The van der Waals surface area contributed by atoms with Gasteiger partial charge in [0.25, 0.3) is 0 Å². The molecule has 0 radical (unpaired) electrons. The van der Waals surface area contributed by atoms with Gasteiger partial charge in [0.2, 0.25) is 0 Å². The molecule has 0 amide bonds. The Morgan fingerprint density at radius 3 is 2.63 bits per heavy atom. The van der Waals surface area contributed by atoms with E-state index in [1.807, 2.05) is 14.1 Å². The van der Waals surface area contributed by atoms with E-state index in [2.05, 4.69) is 39.8 Å². The zero-order chi connectivity index (χ0) is 13.4. The van der Waals surface area contributed by atoms with Gasteiger partial charge in [0.15, 0.2) is 0 Å². The number of benzene rings is 1. The van der Waals surface area contributed by atoms with Crippen molar-refractivity contribution < 1.29 is 5.11 Å². The first kappa shape index (κ1) is 12.3. The lowest BCUT2D eigenvalue weighted by molar-refractivity contribution is 0.420. The van der Waals surface area contributed by atoms with E-state index in [1.165, 1.54) is 11.3 Å². The van der Waals surface area contributed by atoms with Gasteiger partial charge in [-0.25, -0.2) is 0 Å². The molecule has 3 N–H and O–H groups in total. The lowest BCUT2D eigenvalue weighted by Crippen LogP contribution is -2.24. The zero-order valence-electron chi connectivity index (χ0n) is 11.0. The Morgan fingerprint density at radius 1 is 1.26 bits per heavy atom. The van der Waals surface area contributed by atoms with E-state index in [1.54, 1.807) is 18.0 Å². The molecule has 0 aromatic heterocycles. The Morgan fingerprint density at radius 2 is 2.00 bits per heavy atom. The maximum atomic E-state index is 9.83. The van der Waals surface area contributed by atoms with Crippen LogP contribution in [0.1, 0.15) is 10.9 Å². The third-order valence-electron chi connectivity index (χ3n) is 3.28. The highest BCUT2D eigenvalue weighted by Gasteiger charge is 2.29. The van der Waals surface area contributed by atoms with E-state index in [4.69, 9.17) is 0 Å². The quantitative estimate of drug-likeness (QED) is 0.773. The molecule has 0 spiro atoms. The maximum absolute atomic E-state index is 9.83. The molecule has 0 bridgehead atoms. The van der Waals surface area contributed by atoms with E-state index in [0.717, 1.165) is 17.1 Å². The SMILES string of the molecule is CN(C)c1ccc(C2NC3=C(S2)C(O)=CNC3)cc1. The molecule has 5 heteroatoms. The van der Waals surface area contributed by atoms with Gasteiger partial charge < -0.3 is 20.6 Å². The first-order valence-electron chi connectivity index (χ1n) is 6.21. The number of aliphatic hydroxyl groups is 1. The van der Waals surface area contributed by atoms with Crippen molar-refractivity contribution in [2.24, 2.45) is 0 Å². The van der Waals surface area contributed by atoms with Crippen molar-refractivity contribution in [2.45, 2.75) is 5.37 Å². The van der Waals surface area contributed by atoms with E-state index in [-0.39, 0.29) is 5.37 Å². The van der Waals surface area contributed by atoms with Gasteiger partial charge in [-0.1, -0.05) is 23.9 Å². The fraction of sp³-hybridized carbons (Fsp3) is 0.286. The average molecular weight is 275 g/mol. The monoisotopic (exact) mass is 275 g/mol. The van der Waals surface area contributed by atoms with Crippen molar-refractivity contribution >= 4 is 17.4 Å². The van der Waals surface area contributed by atoms with Crippen LogP contribution in [-0.4, -0.2) is 25.7 Å². The highest BCUT2D eigenvalue weighted by atomic mass is 32.2. The summed E-state index contributed by atoms with van der Waals surface area (Å²) < 4.78 is 0. The molecule has 1 unspecified atom stereocenters. The first-order chi connectivity index (χ1) is 9.15. The summed E-state index contributed by atoms with van der Waals surface area (Å²) in [6.45, 7) is 0.749. The molecule has 3 rings (SSSR count). The molecular formula is C14H17N3OS. The largest absolute Gasteiger partial charge is 0.505 e. The van der Waals surface area contributed by atoms with E-state index in [0.29, 0.717) is 5.76 Å². The van der Waals surface area contributed by atoms with Crippen LogP contribution in [0.15, 0.2) is 46.8 Å². The van der Waals surface area contributed by atoms with Crippen LogP contribution in [0.2, 0.25) is 0 Å². The minimum absolute atomic E-state index is 0.177. The predicted molar refractivity (Wildman–Crippen MR) is 80.0 cm³/mol. The lowest BCUT2D eigenvalue weighted by atomic mass is 10.2. The first-order valence-corrected chi connectivity index (χ1v) is 7.09. The van der Waals surface area contributed by atoms with Crippen molar-refractivity contribution in [3.8, 4) is 0 Å². The van der Waals surface area contributed by atoms with Crippen LogP contribution in [0.4, 0.5) is 5.69 Å². The Hall–Kier alpha value is -1.75. The molecule has 1 aromatic rings. The van der Waals surface area contributed by atoms with Crippen LogP contribution in [0.5, 0.6) is 0 Å². The van der Waals surface area contributed by atoms with Crippen molar-refractivity contribution in [3.63, 3.8) is 0 Å². The summed E-state index contributed by atoms with van der Waals surface area (Å²) in [5, 5.41) is 16.5. The number of hydrogen-bond donors (Lipinski definition) is 3. The zero-order valence-corrected chi connectivity index (χ0v) is 11.8. The van der Waals surface area contributed by atoms with Gasteiger partial charge in [-0.15, -0.1) is 0 Å². The molecule has 0 fully saturated rings. The average Bonchev–Trinajstić information content (AvgIpc) is 2.84. The van der Waals surface area contributed by atoms with Crippen molar-refractivity contribution in [1.29, 1.82) is 0 Å². The van der Waals surface area contributed by atoms with E-state index in [9.17, 15) is 5.11 Å². The van der Waals surface area contributed by atoms with E-state index >= 15 is 0 Å². The molecule has 1 atom stereocenters. The number of thioether (sulfide) groups is 1. The van der Waals surface area contributed by atoms with Gasteiger partial charge in [-0.3, -0.25) is 0 Å². The Bertz CT molecular complexity index is 548. The Kier molecular flexibility index (Phi) is 3.06. The molecule has 2 aliphatic rings. The molecule has 4 nitrogen and oxygen atoms in total. The van der Waals surface area contributed by atoms with Crippen LogP contribution in [-0.2, 0) is 0 Å². The molecule has 1 aromatic carbocycles. The van der Waals surface area contributed by atoms with Crippen LogP contribution >= 0.6 is 11.8 Å². The van der Waals surface area contributed by atoms with E-state index < -0.39 is 0 Å². The summed E-state index contributed by atoms with van der Waals surface area (Å²) in [6.07, 6.45) is 1.66. The lowest BCUT2D eigenvalue weighted by Gasteiger charge is -2.16.